The average molecular weight is 353 g/mol. The first-order valence-electron chi connectivity index (χ1n) is 8.62. The maximum atomic E-state index is 12.4. The Bertz CT molecular complexity index is 707. The van der Waals surface area contributed by atoms with Gasteiger partial charge in [0.15, 0.2) is 5.78 Å². The standard InChI is InChI=1S/C21H24N2OS/c1-25-21(16-20(24)19-10-6-3-7-11-19)23-14-12-22(13-15-23)17-18-8-4-2-5-9-18/h2-11,16H,12-15,17H2,1H3/b21-16-. The average Bonchev–Trinajstić information content (AvgIpc) is 2.68. The highest BCUT2D eigenvalue weighted by molar-refractivity contribution is 8.02. The van der Waals surface area contributed by atoms with Gasteiger partial charge < -0.3 is 4.90 Å². The molecule has 0 spiro atoms. The van der Waals surface area contributed by atoms with Crippen molar-refractivity contribution in [2.75, 3.05) is 32.4 Å². The fourth-order valence-corrected chi connectivity index (χ4v) is 3.71. The lowest BCUT2D eigenvalue weighted by Gasteiger charge is -2.36. The monoisotopic (exact) mass is 352 g/mol. The van der Waals surface area contributed by atoms with Crippen LogP contribution < -0.4 is 0 Å². The summed E-state index contributed by atoms with van der Waals surface area (Å²) < 4.78 is 0. The third kappa shape index (κ3) is 4.97. The zero-order valence-corrected chi connectivity index (χ0v) is 15.4. The molecule has 0 atom stereocenters. The molecule has 1 saturated heterocycles. The molecule has 1 fully saturated rings. The van der Waals surface area contributed by atoms with Crippen LogP contribution in [0.15, 0.2) is 71.8 Å². The van der Waals surface area contributed by atoms with Gasteiger partial charge in [-0.15, -0.1) is 11.8 Å². The van der Waals surface area contributed by atoms with Crippen LogP contribution in [0.3, 0.4) is 0 Å². The van der Waals surface area contributed by atoms with Crippen LogP contribution in [0.5, 0.6) is 0 Å². The molecule has 1 heterocycles. The zero-order valence-electron chi connectivity index (χ0n) is 14.6. The molecule has 0 unspecified atom stereocenters. The lowest BCUT2D eigenvalue weighted by Crippen LogP contribution is -2.45. The van der Waals surface area contributed by atoms with E-state index in [0.717, 1.165) is 43.3 Å². The van der Waals surface area contributed by atoms with Gasteiger partial charge in [-0.05, 0) is 11.8 Å². The van der Waals surface area contributed by atoms with Crippen LogP contribution in [-0.2, 0) is 6.54 Å². The van der Waals surface area contributed by atoms with Crippen LogP contribution in [0.25, 0.3) is 0 Å². The molecule has 2 aromatic rings. The first-order chi connectivity index (χ1) is 12.3. The summed E-state index contributed by atoms with van der Waals surface area (Å²) in [6.07, 6.45) is 3.83. The number of hydrogen-bond acceptors (Lipinski definition) is 4. The summed E-state index contributed by atoms with van der Waals surface area (Å²) in [5.41, 5.74) is 2.10. The molecule has 2 aromatic carbocycles. The Hall–Kier alpha value is -2.04. The summed E-state index contributed by atoms with van der Waals surface area (Å²) in [4.78, 5) is 17.2. The minimum absolute atomic E-state index is 0.0802. The Labute approximate surface area is 154 Å². The highest BCUT2D eigenvalue weighted by Crippen LogP contribution is 2.21. The molecule has 25 heavy (non-hydrogen) atoms. The quantitative estimate of drug-likeness (QED) is 0.581. The molecule has 0 bridgehead atoms. The number of benzene rings is 2. The van der Waals surface area contributed by atoms with E-state index in [1.54, 1.807) is 17.8 Å². The van der Waals surface area contributed by atoms with E-state index in [0.29, 0.717) is 0 Å². The normalized spacial score (nSPS) is 16.0. The number of thioether (sulfide) groups is 1. The topological polar surface area (TPSA) is 23.6 Å². The van der Waals surface area contributed by atoms with E-state index in [9.17, 15) is 4.79 Å². The van der Waals surface area contributed by atoms with E-state index in [2.05, 4.69) is 40.1 Å². The molecule has 0 amide bonds. The third-order valence-electron chi connectivity index (χ3n) is 4.45. The van der Waals surface area contributed by atoms with Gasteiger partial charge in [0.2, 0.25) is 0 Å². The smallest absolute Gasteiger partial charge is 0.188 e. The Morgan fingerprint density at radius 1 is 0.960 bits per heavy atom. The summed E-state index contributed by atoms with van der Waals surface area (Å²) in [6.45, 7) is 4.96. The minimum Gasteiger partial charge on any atom is -0.364 e. The number of allylic oxidation sites excluding steroid dienone is 1. The summed E-state index contributed by atoms with van der Waals surface area (Å²) in [5.74, 6) is 0.0802. The number of piperazine rings is 1. The van der Waals surface area contributed by atoms with Crippen molar-refractivity contribution in [2.45, 2.75) is 6.54 Å². The predicted octanol–water partition coefficient (Wildman–Crippen LogP) is 3.89. The van der Waals surface area contributed by atoms with Crippen LogP contribution in [0.2, 0.25) is 0 Å². The van der Waals surface area contributed by atoms with Crippen molar-refractivity contribution in [3.8, 4) is 0 Å². The Morgan fingerprint density at radius 3 is 2.16 bits per heavy atom. The van der Waals surface area contributed by atoms with Crippen molar-refractivity contribution in [1.82, 2.24) is 9.80 Å². The van der Waals surface area contributed by atoms with Crippen LogP contribution in [0, 0.1) is 0 Å². The molecule has 1 aliphatic heterocycles. The SMILES string of the molecule is CS/C(=C\C(=O)c1ccccc1)N1CCN(Cc2ccccc2)CC1. The molecular weight excluding hydrogens is 328 g/mol. The predicted molar refractivity (Wildman–Crippen MR) is 106 cm³/mol. The number of carbonyl (C=O) groups is 1. The number of hydrogen-bond donors (Lipinski definition) is 0. The van der Waals surface area contributed by atoms with Crippen LogP contribution in [0.1, 0.15) is 15.9 Å². The van der Waals surface area contributed by atoms with Gasteiger partial charge in [0, 0.05) is 44.4 Å². The maximum Gasteiger partial charge on any atom is 0.188 e. The minimum atomic E-state index is 0.0802. The van der Waals surface area contributed by atoms with Crippen molar-refractivity contribution < 1.29 is 4.79 Å². The lowest BCUT2D eigenvalue weighted by atomic mass is 10.1. The van der Waals surface area contributed by atoms with Gasteiger partial charge in [0.1, 0.15) is 0 Å². The highest BCUT2D eigenvalue weighted by atomic mass is 32.2. The molecule has 3 nitrogen and oxygen atoms in total. The maximum absolute atomic E-state index is 12.4. The lowest BCUT2D eigenvalue weighted by molar-refractivity contribution is 0.104. The summed E-state index contributed by atoms with van der Waals surface area (Å²) in [6, 6.07) is 20.1. The van der Waals surface area contributed by atoms with Crippen LogP contribution >= 0.6 is 11.8 Å². The van der Waals surface area contributed by atoms with Gasteiger partial charge in [-0.3, -0.25) is 9.69 Å². The molecule has 0 saturated carbocycles. The highest BCUT2D eigenvalue weighted by Gasteiger charge is 2.19. The van der Waals surface area contributed by atoms with Gasteiger partial charge in [-0.1, -0.05) is 60.7 Å². The molecule has 4 heteroatoms. The van der Waals surface area contributed by atoms with E-state index in [1.807, 2.05) is 36.6 Å². The molecule has 0 N–H and O–H groups in total. The second kappa shape index (κ2) is 8.88. The molecule has 0 radical (unpaired) electrons. The van der Waals surface area contributed by atoms with E-state index >= 15 is 0 Å². The molecule has 130 valence electrons. The van der Waals surface area contributed by atoms with Crippen molar-refractivity contribution >= 4 is 17.5 Å². The number of ketones is 1. The number of carbonyl (C=O) groups excluding carboxylic acids is 1. The summed E-state index contributed by atoms with van der Waals surface area (Å²) in [5, 5.41) is 1.06. The van der Waals surface area contributed by atoms with Gasteiger partial charge in [0.05, 0.1) is 5.03 Å². The molecule has 0 aliphatic carbocycles. The van der Waals surface area contributed by atoms with E-state index in [-0.39, 0.29) is 5.78 Å². The largest absolute Gasteiger partial charge is 0.364 e. The molecule has 1 aliphatic rings. The second-order valence-electron chi connectivity index (χ2n) is 6.17. The van der Waals surface area contributed by atoms with Crippen molar-refractivity contribution in [3.63, 3.8) is 0 Å². The number of rotatable bonds is 6. The van der Waals surface area contributed by atoms with Gasteiger partial charge in [0.25, 0.3) is 0 Å². The fraction of sp³-hybridized carbons (Fsp3) is 0.286. The van der Waals surface area contributed by atoms with E-state index < -0.39 is 0 Å². The first-order valence-corrected chi connectivity index (χ1v) is 9.85. The van der Waals surface area contributed by atoms with Crippen LogP contribution in [0.4, 0.5) is 0 Å². The van der Waals surface area contributed by atoms with Gasteiger partial charge in [-0.25, -0.2) is 0 Å². The zero-order chi connectivity index (χ0) is 17.5. The van der Waals surface area contributed by atoms with Crippen molar-refractivity contribution in [3.05, 3.63) is 82.9 Å². The van der Waals surface area contributed by atoms with E-state index in [1.165, 1.54) is 5.56 Å². The number of nitrogens with zero attached hydrogens (tertiary/aromatic N) is 2. The van der Waals surface area contributed by atoms with Crippen molar-refractivity contribution in [2.24, 2.45) is 0 Å². The Kier molecular flexibility index (Phi) is 6.31. The fourth-order valence-electron chi connectivity index (χ4n) is 3.05. The first kappa shape index (κ1) is 17.8. The van der Waals surface area contributed by atoms with Crippen molar-refractivity contribution in [1.29, 1.82) is 0 Å². The van der Waals surface area contributed by atoms with E-state index in [4.69, 9.17) is 0 Å². The summed E-state index contributed by atoms with van der Waals surface area (Å²) >= 11 is 1.65. The molecular formula is C21H24N2OS. The van der Waals surface area contributed by atoms with Gasteiger partial charge in [-0.2, -0.15) is 0 Å². The van der Waals surface area contributed by atoms with Gasteiger partial charge >= 0.3 is 0 Å². The third-order valence-corrected chi connectivity index (χ3v) is 5.25. The van der Waals surface area contributed by atoms with Crippen LogP contribution in [-0.4, -0.2) is 48.0 Å². The molecule has 3 rings (SSSR count). The second-order valence-corrected chi connectivity index (χ2v) is 6.99. The Balaban J connectivity index is 1.58. The summed E-state index contributed by atoms with van der Waals surface area (Å²) in [7, 11) is 0. The Morgan fingerprint density at radius 2 is 1.56 bits per heavy atom. The molecule has 0 aromatic heterocycles.